The number of sulfone groups is 1. The van der Waals surface area contributed by atoms with Crippen LogP contribution in [0.1, 0.15) is 5.56 Å². The summed E-state index contributed by atoms with van der Waals surface area (Å²) in [4.78, 5) is 12.1. The quantitative estimate of drug-likeness (QED) is 0.855. The Morgan fingerprint density at radius 1 is 1.05 bits per heavy atom. The number of nitrogens with one attached hydrogen (secondary N) is 2. The summed E-state index contributed by atoms with van der Waals surface area (Å²) >= 11 is 0. The Labute approximate surface area is 129 Å². The second-order valence-electron chi connectivity index (χ2n) is 4.60. The number of carbonyl (C=O) groups excluding carboxylic acids is 1. The molecule has 2 rings (SSSR count). The molecule has 2 N–H and O–H groups in total. The van der Waals surface area contributed by atoms with E-state index in [0.29, 0.717) is 16.9 Å². The van der Waals surface area contributed by atoms with Crippen molar-refractivity contribution in [3.05, 3.63) is 54.1 Å². The van der Waals surface area contributed by atoms with Crippen molar-refractivity contribution in [1.29, 1.82) is 0 Å². The highest BCUT2D eigenvalue weighted by molar-refractivity contribution is 7.90. The molecule has 0 aromatic heterocycles. The number of rotatable bonds is 3. The Bertz CT molecular complexity index is 834. The first-order valence-corrected chi connectivity index (χ1v) is 8.22. The number of terminal acetylenes is 1. The highest BCUT2D eigenvalue weighted by Gasteiger charge is 2.07. The Morgan fingerprint density at radius 2 is 1.68 bits per heavy atom. The molecular formula is C16H14N2O3S. The van der Waals surface area contributed by atoms with Crippen LogP contribution in [0.2, 0.25) is 0 Å². The molecule has 5 nitrogen and oxygen atoms in total. The van der Waals surface area contributed by atoms with Crippen molar-refractivity contribution in [3.63, 3.8) is 0 Å². The van der Waals surface area contributed by atoms with Crippen molar-refractivity contribution >= 4 is 27.2 Å². The predicted molar refractivity (Wildman–Crippen MR) is 86.6 cm³/mol. The highest BCUT2D eigenvalue weighted by Crippen LogP contribution is 2.15. The van der Waals surface area contributed by atoms with Gasteiger partial charge in [-0.15, -0.1) is 6.42 Å². The Hall–Kier alpha value is -2.78. The summed E-state index contributed by atoms with van der Waals surface area (Å²) in [7, 11) is -3.25. The summed E-state index contributed by atoms with van der Waals surface area (Å²) in [5.74, 6) is 2.48. The molecule has 2 amide bonds. The second-order valence-corrected chi connectivity index (χ2v) is 6.62. The van der Waals surface area contributed by atoms with Gasteiger partial charge in [-0.3, -0.25) is 0 Å². The molecule has 0 fully saturated rings. The molecule has 0 aliphatic rings. The third-order valence-electron chi connectivity index (χ3n) is 2.83. The molecule has 2 aromatic rings. The van der Waals surface area contributed by atoms with E-state index in [2.05, 4.69) is 16.6 Å². The van der Waals surface area contributed by atoms with Gasteiger partial charge in [-0.05, 0) is 42.5 Å². The molecular weight excluding hydrogens is 300 g/mol. The Morgan fingerprint density at radius 3 is 2.27 bits per heavy atom. The minimum Gasteiger partial charge on any atom is -0.308 e. The van der Waals surface area contributed by atoms with Gasteiger partial charge in [0, 0.05) is 23.2 Å². The molecule has 0 saturated heterocycles. The molecule has 0 radical (unpaired) electrons. The minimum atomic E-state index is -3.25. The second kappa shape index (κ2) is 6.33. The Balaban J connectivity index is 2.04. The fourth-order valence-electron chi connectivity index (χ4n) is 1.77. The summed E-state index contributed by atoms with van der Waals surface area (Å²) < 4.78 is 22.7. The maximum Gasteiger partial charge on any atom is 0.323 e. The van der Waals surface area contributed by atoms with Gasteiger partial charge in [0.25, 0.3) is 0 Å². The van der Waals surface area contributed by atoms with Crippen molar-refractivity contribution in [1.82, 2.24) is 0 Å². The third-order valence-corrected chi connectivity index (χ3v) is 3.96. The molecule has 0 heterocycles. The summed E-state index contributed by atoms with van der Waals surface area (Å²) in [6, 6.07) is 12.4. The Kier molecular flexibility index (Phi) is 4.49. The van der Waals surface area contributed by atoms with E-state index in [-0.39, 0.29) is 4.90 Å². The number of amides is 2. The van der Waals surface area contributed by atoms with Crippen LogP contribution in [-0.4, -0.2) is 20.7 Å². The van der Waals surface area contributed by atoms with E-state index in [1.807, 2.05) is 0 Å². The average Bonchev–Trinajstić information content (AvgIpc) is 2.47. The number of hydrogen-bond acceptors (Lipinski definition) is 3. The lowest BCUT2D eigenvalue weighted by Crippen LogP contribution is -2.19. The first-order valence-electron chi connectivity index (χ1n) is 6.33. The van der Waals surface area contributed by atoms with Crippen LogP contribution in [0.5, 0.6) is 0 Å². The lowest BCUT2D eigenvalue weighted by Gasteiger charge is -2.08. The molecule has 112 valence electrons. The largest absolute Gasteiger partial charge is 0.323 e. The predicted octanol–water partition coefficient (Wildman–Crippen LogP) is 2.72. The van der Waals surface area contributed by atoms with E-state index in [1.54, 1.807) is 24.3 Å². The fourth-order valence-corrected chi connectivity index (χ4v) is 2.40. The van der Waals surface area contributed by atoms with Crippen molar-refractivity contribution in [3.8, 4) is 12.3 Å². The van der Waals surface area contributed by atoms with E-state index in [9.17, 15) is 13.2 Å². The number of hydrogen-bond donors (Lipinski definition) is 2. The minimum absolute atomic E-state index is 0.195. The van der Waals surface area contributed by atoms with Gasteiger partial charge >= 0.3 is 6.03 Å². The summed E-state index contributed by atoms with van der Waals surface area (Å²) in [6.45, 7) is 0. The molecule has 0 unspecified atom stereocenters. The van der Waals surface area contributed by atoms with Gasteiger partial charge in [0.05, 0.1) is 4.90 Å². The van der Waals surface area contributed by atoms with E-state index < -0.39 is 15.9 Å². The van der Waals surface area contributed by atoms with Gasteiger partial charge in [0.2, 0.25) is 0 Å². The molecule has 0 atom stereocenters. The molecule has 0 saturated carbocycles. The molecule has 0 spiro atoms. The van der Waals surface area contributed by atoms with Gasteiger partial charge in [-0.25, -0.2) is 13.2 Å². The number of urea groups is 1. The summed E-state index contributed by atoms with van der Waals surface area (Å²) in [5, 5.41) is 5.26. The van der Waals surface area contributed by atoms with Gasteiger partial charge in [-0.2, -0.15) is 0 Å². The zero-order chi connectivity index (χ0) is 16.2. The molecule has 6 heteroatoms. The van der Waals surface area contributed by atoms with E-state index in [1.165, 1.54) is 24.3 Å². The zero-order valence-electron chi connectivity index (χ0n) is 11.8. The molecule has 0 aliphatic carbocycles. The third kappa shape index (κ3) is 4.11. The number of carbonyl (C=O) groups is 1. The zero-order valence-corrected chi connectivity index (χ0v) is 12.6. The van der Waals surface area contributed by atoms with Gasteiger partial charge in [0.1, 0.15) is 0 Å². The van der Waals surface area contributed by atoms with Gasteiger partial charge in [0.15, 0.2) is 9.84 Å². The van der Waals surface area contributed by atoms with Crippen LogP contribution in [0.25, 0.3) is 0 Å². The van der Waals surface area contributed by atoms with Crippen LogP contribution in [0.15, 0.2) is 53.4 Å². The van der Waals surface area contributed by atoms with Gasteiger partial charge < -0.3 is 10.6 Å². The SMILES string of the molecule is C#Cc1cccc(NC(=O)Nc2ccc(S(C)(=O)=O)cc2)c1. The summed E-state index contributed by atoms with van der Waals surface area (Å²) in [6.07, 6.45) is 6.42. The first kappa shape index (κ1) is 15.6. The van der Waals surface area contributed by atoms with Gasteiger partial charge in [-0.1, -0.05) is 12.0 Å². The van der Waals surface area contributed by atoms with Crippen LogP contribution in [0.3, 0.4) is 0 Å². The van der Waals surface area contributed by atoms with E-state index >= 15 is 0 Å². The maximum absolute atomic E-state index is 11.9. The lowest BCUT2D eigenvalue weighted by atomic mass is 10.2. The average molecular weight is 314 g/mol. The van der Waals surface area contributed by atoms with Crippen LogP contribution in [0, 0.1) is 12.3 Å². The lowest BCUT2D eigenvalue weighted by molar-refractivity contribution is 0.262. The van der Waals surface area contributed by atoms with Crippen molar-refractivity contribution in [2.75, 3.05) is 16.9 Å². The highest BCUT2D eigenvalue weighted by atomic mass is 32.2. The normalized spacial score (nSPS) is 10.5. The first-order chi connectivity index (χ1) is 10.4. The maximum atomic E-state index is 11.9. The van der Waals surface area contributed by atoms with Crippen LogP contribution in [-0.2, 0) is 9.84 Å². The van der Waals surface area contributed by atoms with Crippen molar-refractivity contribution < 1.29 is 13.2 Å². The molecule has 0 bridgehead atoms. The van der Waals surface area contributed by atoms with Crippen molar-refractivity contribution in [2.45, 2.75) is 4.90 Å². The van der Waals surface area contributed by atoms with Crippen LogP contribution < -0.4 is 10.6 Å². The van der Waals surface area contributed by atoms with Crippen LogP contribution >= 0.6 is 0 Å². The number of anilines is 2. The molecule has 22 heavy (non-hydrogen) atoms. The van der Waals surface area contributed by atoms with E-state index in [0.717, 1.165) is 6.26 Å². The smallest absolute Gasteiger partial charge is 0.308 e. The topological polar surface area (TPSA) is 75.3 Å². The summed E-state index contributed by atoms with van der Waals surface area (Å²) in [5.41, 5.74) is 1.72. The fraction of sp³-hybridized carbons (Fsp3) is 0.0625. The standard InChI is InChI=1S/C16H14N2O3S/c1-3-12-5-4-6-14(11-12)18-16(19)17-13-7-9-15(10-8-13)22(2,20)21/h1,4-11H,2H3,(H2,17,18,19). The van der Waals surface area contributed by atoms with Crippen LogP contribution in [0.4, 0.5) is 16.2 Å². The van der Waals surface area contributed by atoms with E-state index in [4.69, 9.17) is 6.42 Å². The molecule has 2 aromatic carbocycles. The van der Waals surface area contributed by atoms with Crippen molar-refractivity contribution in [2.24, 2.45) is 0 Å². The monoisotopic (exact) mass is 314 g/mol. The number of benzene rings is 2. The molecule has 0 aliphatic heterocycles.